The Bertz CT molecular complexity index is 185. The van der Waals surface area contributed by atoms with Gasteiger partial charge in [0.15, 0.2) is 11.2 Å². The number of Topliss-reactive ketones (excluding diaryl/α,β-unsaturated/α-hetero) is 1. The molecule has 0 bridgehead atoms. The number of hydrogen-bond acceptors (Lipinski definition) is 2. The number of nitriles is 1. The van der Waals surface area contributed by atoms with Gasteiger partial charge in [-0.25, -0.2) is 0 Å². The van der Waals surface area contributed by atoms with E-state index >= 15 is 0 Å². The van der Waals surface area contributed by atoms with Gasteiger partial charge >= 0.3 is 29.6 Å². The monoisotopic (exact) mass is 183 g/mol. The normalized spacial score (nSPS) is 12.6. The molecule has 0 aromatic heterocycles. The van der Waals surface area contributed by atoms with Crippen LogP contribution in [0, 0.1) is 16.7 Å². The van der Waals surface area contributed by atoms with Crippen molar-refractivity contribution in [1.29, 1.82) is 5.26 Å². The van der Waals surface area contributed by atoms with Crippen molar-refractivity contribution in [2.75, 3.05) is 0 Å². The quantitative estimate of drug-likeness (QED) is 0.381. The van der Waals surface area contributed by atoms with Gasteiger partial charge in [0.05, 0.1) is 6.07 Å². The smallest absolute Gasteiger partial charge is 1.00 e. The first-order valence-electron chi connectivity index (χ1n) is 2.97. The summed E-state index contributed by atoms with van der Waals surface area (Å²) in [5.41, 5.74) is -0.512. The molecule has 1 unspecified atom stereocenters. The fraction of sp³-hybridized carbons (Fsp3) is 0.714. The van der Waals surface area contributed by atoms with Gasteiger partial charge in [-0.3, -0.25) is 4.79 Å². The molecule has 0 amide bonds. The maximum absolute atomic E-state index is 11.0. The molecule has 0 aliphatic heterocycles. The zero-order valence-electron chi connectivity index (χ0n) is 8.31. The van der Waals surface area contributed by atoms with Crippen molar-refractivity contribution < 1.29 is 35.8 Å². The standard InChI is InChI=1S/C7H10ClNO.Na.H/c1-7(2,3)6(10)5(8)4-9;;/h5H,1-3H3;;/q;+1;-1. The molecule has 58 valence electrons. The molecule has 2 nitrogen and oxygen atoms in total. The van der Waals surface area contributed by atoms with Gasteiger partial charge in [-0.1, -0.05) is 32.4 Å². The van der Waals surface area contributed by atoms with E-state index in [1.807, 2.05) is 0 Å². The second-order valence-electron chi connectivity index (χ2n) is 3.11. The molecule has 1 atom stereocenters. The summed E-state index contributed by atoms with van der Waals surface area (Å²) in [6.45, 7) is 5.21. The summed E-state index contributed by atoms with van der Waals surface area (Å²) >= 11 is 5.39. The Balaban J connectivity index is -0.000000405. The van der Waals surface area contributed by atoms with E-state index in [0.29, 0.717) is 0 Å². The number of halogens is 1. The molecule has 0 spiro atoms. The molecule has 0 aromatic rings. The third-order valence-corrected chi connectivity index (χ3v) is 1.38. The molecule has 0 fully saturated rings. The van der Waals surface area contributed by atoms with Crippen LogP contribution < -0.4 is 29.6 Å². The fourth-order valence-corrected chi connectivity index (χ4v) is 0.766. The van der Waals surface area contributed by atoms with Crippen LogP contribution in [0.15, 0.2) is 0 Å². The van der Waals surface area contributed by atoms with Gasteiger partial charge in [0.2, 0.25) is 0 Å². The van der Waals surface area contributed by atoms with Crippen molar-refractivity contribution in [2.24, 2.45) is 5.41 Å². The summed E-state index contributed by atoms with van der Waals surface area (Å²) in [6.07, 6.45) is 0. The van der Waals surface area contributed by atoms with Gasteiger partial charge in [-0.2, -0.15) is 5.26 Å². The van der Waals surface area contributed by atoms with E-state index in [0.717, 1.165) is 0 Å². The second kappa shape index (κ2) is 5.16. The van der Waals surface area contributed by atoms with Gasteiger partial charge in [0.25, 0.3) is 0 Å². The van der Waals surface area contributed by atoms with Gasteiger partial charge in [0.1, 0.15) is 0 Å². The predicted octanol–water partition coefficient (Wildman–Crippen LogP) is -1.15. The van der Waals surface area contributed by atoms with Crippen LogP contribution in [0.5, 0.6) is 0 Å². The number of rotatable bonds is 1. The second-order valence-corrected chi connectivity index (χ2v) is 3.54. The van der Waals surface area contributed by atoms with Crippen LogP contribution in [-0.2, 0) is 4.79 Å². The Morgan fingerprint density at radius 2 is 2.00 bits per heavy atom. The molecule has 0 aliphatic rings. The first-order chi connectivity index (χ1) is 4.39. The average molecular weight is 184 g/mol. The van der Waals surface area contributed by atoms with Crippen molar-refractivity contribution in [3.63, 3.8) is 0 Å². The summed E-state index contributed by atoms with van der Waals surface area (Å²) in [5, 5.41) is 7.27. The van der Waals surface area contributed by atoms with Crippen LogP contribution in [0.3, 0.4) is 0 Å². The molecular weight excluding hydrogens is 173 g/mol. The summed E-state index contributed by atoms with van der Waals surface area (Å²) in [5.74, 6) is -0.225. The molecule has 4 heteroatoms. The first kappa shape index (κ1) is 14.0. The number of hydrogen-bond donors (Lipinski definition) is 0. The van der Waals surface area contributed by atoms with Crippen molar-refractivity contribution in [1.82, 2.24) is 0 Å². The van der Waals surface area contributed by atoms with Crippen molar-refractivity contribution in [3.8, 4) is 6.07 Å². The molecule has 0 N–H and O–H groups in total. The number of carbonyl (C=O) groups excluding carboxylic acids is 1. The van der Waals surface area contributed by atoms with E-state index < -0.39 is 10.8 Å². The van der Waals surface area contributed by atoms with Crippen LogP contribution in [0.4, 0.5) is 0 Å². The molecule has 0 radical (unpaired) electrons. The van der Waals surface area contributed by atoms with E-state index in [1.54, 1.807) is 26.8 Å². The topological polar surface area (TPSA) is 40.9 Å². The summed E-state index contributed by atoms with van der Waals surface area (Å²) in [7, 11) is 0. The maximum atomic E-state index is 11.0. The molecular formula is C7H11ClNNaO. The van der Waals surface area contributed by atoms with Crippen LogP contribution >= 0.6 is 11.6 Å². The van der Waals surface area contributed by atoms with Gasteiger partial charge in [0, 0.05) is 5.41 Å². The Labute approximate surface area is 95.7 Å². The summed E-state index contributed by atoms with van der Waals surface area (Å²) < 4.78 is 0. The minimum absolute atomic E-state index is 0. The zero-order valence-corrected chi connectivity index (χ0v) is 10.1. The number of alkyl halides is 1. The minimum Gasteiger partial charge on any atom is -1.00 e. The molecule has 0 heterocycles. The Morgan fingerprint density at radius 1 is 1.64 bits per heavy atom. The molecule has 0 aromatic carbocycles. The predicted molar refractivity (Wildman–Crippen MR) is 40.8 cm³/mol. The number of nitrogens with zero attached hydrogens (tertiary/aromatic N) is 1. The first-order valence-corrected chi connectivity index (χ1v) is 3.41. The van der Waals surface area contributed by atoms with Crippen molar-refractivity contribution in [2.45, 2.75) is 26.1 Å². The molecule has 0 saturated heterocycles. The number of ketones is 1. The van der Waals surface area contributed by atoms with Crippen molar-refractivity contribution in [3.05, 3.63) is 0 Å². The summed E-state index contributed by atoms with van der Waals surface area (Å²) in [4.78, 5) is 11.0. The third kappa shape index (κ3) is 4.81. The van der Waals surface area contributed by atoms with E-state index in [4.69, 9.17) is 16.9 Å². The minimum atomic E-state index is -1.00. The van der Waals surface area contributed by atoms with Crippen molar-refractivity contribution >= 4 is 17.4 Å². The molecule has 11 heavy (non-hydrogen) atoms. The molecule has 0 rings (SSSR count). The van der Waals surface area contributed by atoms with Crippen LogP contribution in [0.25, 0.3) is 0 Å². The SMILES string of the molecule is CC(C)(C)C(=O)C(Cl)C#N.[H-].[Na+]. The van der Waals surface area contributed by atoms with Gasteiger partial charge in [-0.05, 0) is 0 Å². The van der Waals surface area contributed by atoms with Gasteiger partial charge < -0.3 is 1.43 Å². The molecule has 0 aliphatic carbocycles. The Hall–Kier alpha value is 0.450. The third-order valence-electron chi connectivity index (χ3n) is 1.08. The van der Waals surface area contributed by atoms with Gasteiger partial charge in [-0.15, -0.1) is 0 Å². The Kier molecular flexibility index (Phi) is 6.57. The van der Waals surface area contributed by atoms with E-state index in [1.165, 1.54) is 0 Å². The maximum Gasteiger partial charge on any atom is 1.00 e. The zero-order chi connectivity index (χ0) is 8.36. The number of carbonyl (C=O) groups is 1. The Morgan fingerprint density at radius 3 is 2.09 bits per heavy atom. The largest absolute Gasteiger partial charge is 1.00 e. The summed E-state index contributed by atoms with van der Waals surface area (Å²) in [6, 6.07) is 1.69. The van der Waals surface area contributed by atoms with E-state index in [-0.39, 0.29) is 36.8 Å². The average Bonchev–Trinajstić information content (AvgIpc) is 1.83. The molecule has 0 saturated carbocycles. The van der Waals surface area contributed by atoms with E-state index in [2.05, 4.69) is 0 Å². The fourth-order valence-electron chi connectivity index (χ4n) is 0.439. The van der Waals surface area contributed by atoms with Crippen LogP contribution in [0.1, 0.15) is 22.2 Å². The van der Waals surface area contributed by atoms with E-state index in [9.17, 15) is 4.79 Å². The van der Waals surface area contributed by atoms with Crippen LogP contribution in [-0.4, -0.2) is 11.2 Å². The van der Waals surface area contributed by atoms with Crippen LogP contribution in [0.2, 0.25) is 0 Å².